The zero-order valence-corrected chi connectivity index (χ0v) is 17.9. The van der Waals surface area contributed by atoms with Crippen molar-refractivity contribution in [3.63, 3.8) is 0 Å². The summed E-state index contributed by atoms with van der Waals surface area (Å²) in [5, 5.41) is 14.7. The van der Waals surface area contributed by atoms with Crippen molar-refractivity contribution >= 4 is 29.2 Å². The molecule has 0 bridgehead atoms. The number of nitrogens with one attached hydrogen (secondary N) is 1. The number of nitrogens with zero attached hydrogens (tertiary/aromatic N) is 1. The van der Waals surface area contributed by atoms with E-state index in [2.05, 4.69) is 5.32 Å². The Balaban J connectivity index is 0.00000312. The van der Waals surface area contributed by atoms with Crippen LogP contribution in [0, 0.1) is 5.92 Å². The number of aliphatic carboxylic acids is 1. The topological polar surface area (TPSA) is 91.2 Å². The molecular formula is C18H21KN2O4. The second-order valence-corrected chi connectivity index (χ2v) is 6.26. The van der Waals surface area contributed by atoms with Crippen molar-refractivity contribution < 1.29 is 70.9 Å². The summed E-state index contributed by atoms with van der Waals surface area (Å²) in [7, 11) is 0. The Morgan fingerprint density at radius 1 is 1.28 bits per heavy atom. The summed E-state index contributed by atoms with van der Waals surface area (Å²) in [6.45, 7) is 4.00. The van der Waals surface area contributed by atoms with Crippen LogP contribution in [0.25, 0.3) is 10.9 Å². The molecule has 0 fully saturated rings. The summed E-state index contributed by atoms with van der Waals surface area (Å²) < 4.78 is 1.40. The molecule has 1 aromatic carbocycles. The van der Waals surface area contributed by atoms with E-state index in [-0.39, 0.29) is 70.1 Å². The number of fused-ring (bicyclic) bond motifs is 1. The molecule has 1 atom stereocenters. The number of amides is 1. The number of carbonyl (C=O) groups excluding carboxylic acids is 3. The predicted molar refractivity (Wildman–Crippen MR) is 88.8 cm³/mol. The van der Waals surface area contributed by atoms with E-state index in [0.717, 1.165) is 5.39 Å². The van der Waals surface area contributed by atoms with Crippen LogP contribution in [0.2, 0.25) is 0 Å². The van der Waals surface area contributed by atoms with Crippen LogP contribution in [0.5, 0.6) is 0 Å². The molecule has 1 heterocycles. The molecule has 25 heavy (non-hydrogen) atoms. The Labute approximate surface area is 189 Å². The fraction of sp³-hybridized carbons (Fsp3) is 0.389. The van der Waals surface area contributed by atoms with Gasteiger partial charge in [-0.1, -0.05) is 32.0 Å². The molecular weight excluding hydrogens is 347 g/mol. The number of para-hydroxylation sites is 1. The van der Waals surface area contributed by atoms with Gasteiger partial charge in [-0.2, -0.15) is 0 Å². The molecule has 1 N–H and O–H groups in total. The van der Waals surface area contributed by atoms with E-state index in [1.807, 2.05) is 26.0 Å². The van der Waals surface area contributed by atoms with Crippen LogP contribution in [-0.2, 0) is 20.8 Å². The van der Waals surface area contributed by atoms with Crippen molar-refractivity contribution in [3.8, 4) is 0 Å². The smallest absolute Gasteiger partial charge is 0.548 e. The average Bonchev–Trinajstić information content (AvgIpc) is 2.90. The molecule has 0 spiro atoms. The van der Waals surface area contributed by atoms with Crippen LogP contribution >= 0.6 is 0 Å². The summed E-state index contributed by atoms with van der Waals surface area (Å²) in [5.41, 5.74) is 1.38. The first-order valence-electron chi connectivity index (χ1n) is 7.96. The van der Waals surface area contributed by atoms with Gasteiger partial charge in [0, 0.05) is 24.4 Å². The summed E-state index contributed by atoms with van der Waals surface area (Å²) in [6, 6.07) is 6.09. The molecule has 0 saturated heterocycles. The summed E-state index contributed by atoms with van der Waals surface area (Å²) in [4.78, 5) is 34.4. The third-order valence-electron chi connectivity index (χ3n) is 3.93. The Bertz CT molecular complexity index is 755. The number of carboxylic acid groups (broad SMARTS) is 1. The zero-order chi connectivity index (χ0) is 17.7. The number of carboxylic acids is 1. The molecule has 0 aliphatic rings. The molecule has 0 radical (unpaired) electrons. The number of rotatable bonds is 8. The molecule has 2 rings (SSSR count). The summed E-state index contributed by atoms with van der Waals surface area (Å²) in [5.74, 6) is -1.28. The second-order valence-electron chi connectivity index (χ2n) is 6.26. The van der Waals surface area contributed by atoms with E-state index in [0.29, 0.717) is 29.8 Å². The Morgan fingerprint density at radius 3 is 2.56 bits per heavy atom. The molecule has 6 nitrogen and oxygen atoms in total. The van der Waals surface area contributed by atoms with Gasteiger partial charge in [0.05, 0.1) is 17.5 Å². The Hall–Kier alpha value is -0.994. The van der Waals surface area contributed by atoms with Crippen LogP contribution in [-0.4, -0.2) is 28.9 Å². The van der Waals surface area contributed by atoms with Crippen molar-refractivity contribution in [3.05, 3.63) is 36.0 Å². The van der Waals surface area contributed by atoms with Crippen molar-refractivity contribution in [1.82, 2.24) is 9.88 Å². The first kappa shape index (κ1) is 22.0. The third kappa shape index (κ3) is 6.04. The Morgan fingerprint density at radius 2 is 1.96 bits per heavy atom. The van der Waals surface area contributed by atoms with Crippen LogP contribution in [0.15, 0.2) is 30.5 Å². The number of hydrogen-bond donors (Lipinski definition) is 1. The number of aromatic nitrogens is 1. The molecule has 0 aliphatic heterocycles. The van der Waals surface area contributed by atoms with Crippen molar-refractivity contribution in [1.29, 1.82) is 0 Å². The fourth-order valence-electron chi connectivity index (χ4n) is 2.63. The Kier molecular flexibility index (Phi) is 9.02. The maximum atomic E-state index is 11.9. The molecule has 0 aliphatic carbocycles. The van der Waals surface area contributed by atoms with Gasteiger partial charge < -0.3 is 15.2 Å². The van der Waals surface area contributed by atoms with Crippen LogP contribution in [0.3, 0.4) is 0 Å². The predicted octanol–water partition coefficient (Wildman–Crippen LogP) is -2.10. The zero-order valence-electron chi connectivity index (χ0n) is 14.8. The normalized spacial score (nSPS) is 11.8. The van der Waals surface area contributed by atoms with E-state index in [1.54, 1.807) is 18.3 Å². The minimum atomic E-state index is -1.34. The maximum Gasteiger partial charge on any atom is 1.00 e. The number of hydrogen-bond acceptors (Lipinski definition) is 4. The van der Waals surface area contributed by atoms with Crippen molar-refractivity contribution in [2.75, 3.05) is 0 Å². The first-order valence-corrected chi connectivity index (χ1v) is 7.96. The van der Waals surface area contributed by atoms with Crippen molar-refractivity contribution in [2.45, 2.75) is 39.2 Å². The first-order chi connectivity index (χ1) is 11.4. The maximum absolute atomic E-state index is 11.9. The van der Waals surface area contributed by atoms with Gasteiger partial charge in [0.15, 0.2) is 0 Å². The fourth-order valence-corrected chi connectivity index (χ4v) is 2.63. The molecule has 1 amide bonds. The quantitative estimate of drug-likeness (QED) is 0.427. The molecule has 0 saturated carbocycles. The van der Waals surface area contributed by atoms with Gasteiger partial charge in [0.25, 0.3) is 0 Å². The minimum Gasteiger partial charge on any atom is -0.548 e. The van der Waals surface area contributed by atoms with E-state index >= 15 is 0 Å². The molecule has 0 unspecified atom stereocenters. The third-order valence-corrected chi connectivity index (χ3v) is 3.93. The van der Waals surface area contributed by atoms with E-state index in [1.165, 1.54) is 4.57 Å². The largest absolute Gasteiger partial charge is 1.00 e. The van der Waals surface area contributed by atoms with E-state index in [9.17, 15) is 19.5 Å². The molecule has 2 aromatic rings. The van der Waals surface area contributed by atoms with Gasteiger partial charge in [-0.3, -0.25) is 14.2 Å². The summed E-state index contributed by atoms with van der Waals surface area (Å²) in [6.07, 6.45) is 3.29. The minimum absolute atomic E-state index is 0. The second kappa shape index (κ2) is 10.2. The van der Waals surface area contributed by atoms with Gasteiger partial charge in [0.1, 0.15) is 0 Å². The van der Waals surface area contributed by atoms with E-state index < -0.39 is 12.0 Å². The summed E-state index contributed by atoms with van der Waals surface area (Å²) >= 11 is 0. The SMILES string of the molecule is CC(C)CCC(=O)N[C@@H](Cc1cn(C=O)c2ccccc12)C(=O)[O-].[K+]. The van der Waals surface area contributed by atoms with Crippen LogP contribution in [0.4, 0.5) is 0 Å². The van der Waals surface area contributed by atoms with Crippen LogP contribution in [0.1, 0.15) is 32.3 Å². The van der Waals surface area contributed by atoms with Gasteiger partial charge in [0.2, 0.25) is 12.3 Å². The number of carbonyl (C=O) groups is 3. The average molecular weight is 368 g/mol. The van der Waals surface area contributed by atoms with Gasteiger partial charge in [-0.25, -0.2) is 0 Å². The van der Waals surface area contributed by atoms with Gasteiger partial charge >= 0.3 is 51.4 Å². The van der Waals surface area contributed by atoms with Gasteiger partial charge in [-0.15, -0.1) is 0 Å². The molecule has 128 valence electrons. The number of benzene rings is 1. The van der Waals surface area contributed by atoms with Crippen molar-refractivity contribution in [2.24, 2.45) is 5.92 Å². The standard InChI is InChI=1S/C18H22N2O4.K/c1-12(2)7-8-17(22)19-15(18(23)24)9-13-10-20(11-21)16-6-4-3-5-14(13)16;/h3-6,10-12,15H,7-9H2,1-2H3,(H,19,22)(H,23,24);/q;+1/p-1/t15-;/m0./s1. The molecule has 7 heteroatoms. The monoisotopic (exact) mass is 368 g/mol. The molecule has 1 aromatic heterocycles. The van der Waals surface area contributed by atoms with Gasteiger partial charge in [-0.05, 0) is 24.0 Å². The van der Waals surface area contributed by atoms with Crippen LogP contribution < -0.4 is 61.8 Å². The van der Waals surface area contributed by atoms with E-state index in [4.69, 9.17) is 0 Å².